The molecule has 0 saturated heterocycles. The third-order valence-electron chi connectivity index (χ3n) is 3.29. The van der Waals surface area contributed by atoms with Gasteiger partial charge in [-0.05, 0) is 61.3 Å². The van der Waals surface area contributed by atoms with Gasteiger partial charge in [-0.25, -0.2) is 0 Å². The lowest BCUT2D eigenvalue weighted by molar-refractivity contribution is 0.0938. The van der Waals surface area contributed by atoms with Crippen molar-refractivity contribution < 1.29 is 14.3 Å². The first-order valence-electron chi connectivity index (χ1n) is 7.71. The minimum Gasteiger partial charge on any atom is -0.491 e. The second-order valence-electron chi connectivity index (χ2n) is 5.20. The molecule has 2 rings (SSSR count). The molecule has 0 fully saturated rings. The Balaban J connectivity index is 1.82. The predicted octanol–water partition coefficient (Wildman–Crippen LogP) is 2.87. The van der Waals surface area contributed by atoms with Crippen LogP contribution in [0.2, 0.25) is 0 Å². The van der Waals surface area contributed by atoms with Crippen molar-refractivity contribution in [3.8, 4) is 5.75 Å². The predicted molar refractivity (Wildman–Crippen MR) is 102 cm³/mol. The Bertz CT molecular complexity index is 730. The van der Waals surface area contributed by atoms with E-state index in [1.54, 1.807) is 41.8 Å². The Morgan fingerprint density at radius 3 is 2.48 bits per heavy atom. The smallest absolute Gasteiger partial charge is 0.279 e. The van der Waals surface area contributed by atoms with E-state index in [-0.39, 0.29) is 23.0 Å². The Labute approximate surface area is 155 Å². The van der Waals surface area contributed by atoms with Crippen LogP contribution in [0.1, 0.15) is 40.3 Å². The highest BCUT2D eigenvalue weighted by Gasteiger charge is 2.10. The molecule has 2 aromatic rings. The molecule has 132 valence electrons. The summed E-state index contributed by atoms with van der Waals surface area (Å²) < 4.78 is 5.66. The third-order valence-corrected chi connectivity index (χ3v) is 4.36. The van der Waals surface area contributed by atoms with E-state index in [0.717, 1.165) is 6.42 Å². The molecule has 3 N–H and O–H groups in total. The largest absolute Gasteiger partial charge is 0.491 e. The fourth-order valence-corrected chi connectivity index (χ4v) is 2.55. The van der Waals surface area contributed by atoms with Crippen molar-refractivity contribution in [1.29, 1.82) is 0 Å². The zero-order chi connectivity index (χ0) is 18.2. The first kappa shape index (κ1) is 18.9. The summed E-state index contributed by atoms with van der Waals surface area (Å²) in [5.74, 6) is 0.00548. The molecule has 0 aliphatic rings. The van der Waals surface area contributed by atoms with Crippen molar-refractivity contribution in [3.63, 3.8) is 0 Å². The number of ether oxygens (including phenoxy) is 1. The molecule has 25 heavy (non-hydrogen) atoms. The standard InChI is InChI=1S/C17H19N3O3S2/c1-3-11(2)23-13-8-6-12(7-9-13)15(21)18-17(24)20-19-16(22)14-5-4-10-25-14/h4-11H,3H2,1-2H3,(H,19,22)(H2,18,20,21,24). The molecule has 0 spiro atoms. The number of carbonyl (C=O) groups excluding carboxylic acids is 2. The van der Waals surface area contributed by atoms with E-state index in [2.05, 4.69) is 16.2 Å². The van der Waals surface area contributed by atoms with Crippen LogP contribution >= 0.6 is 23.6 Å². The monoisotopic (exact) mass is 377 g/mol. The summed E-state index contributed by atoms with van der Waals surface area (Å²) >= 11 is 6.30. The maximum atomic E-state index is 12.1. The van der Waals surface area contributed by atoms with Crippen LogP contribution in [0.15, 0.2) is 41.8 Å². The van der Waals surface area contributed by atoms with Gasteiger partial charge in [0, 0.05) is 5.56 Å². The quantitative estimate of drug-likeness (QED) is 0.552. The SMILES string of the molecule is CCC(C)Oc1ccc(C(=O)NC(=S)NNC(=O)c2cccs2)cc1. The van der Waals surface area contributed by atoms with Crippen LogP contribution in [0.25, 0.3) is 0 Å². The van der Waals surface area contributed by atoms with Crippen LogP contribution in [0.5, 0.6) is 5.75 Å². The van der Waals surface area contributed by atoms with Crippen molar-refractivity contribution in [2.45, 2.75) is 26.4 Å². The summed E-state index contributed by atoms with van der Waals surface area (Å²) in [5.41, 5.74) is 5.36. The highest BCUT2D eigenvalue weighted by atomic mass is 32.1. The number of thiocarbonyl (C=S) groups is 1. The van der Waals surface area contributed by atoms with Crippen molar-refractivity contribution in [1.82, 2.24) is 16.2 Å². The molecule has 0 bridgehead atoms. The van der Waals surface area contributed by atoms with Crippen LogP contribution in [0.3, 0.4) is 0 Å². The number of benzene rings is 1. The molecule has 1 heterocycles. The van der Waals surface area contributed by atoms with E-state index >= 15 is 0 Å². The zero-order valence-electron chi connectivity index (χ0n) is 13.9. The highest BCUT2D eigenvalue weighted by Crippen LogP contribution is 2.14. The van der Waals surface area contributed by atoms with Crippen LogP contribution in [-0.2, 0) is 0 Å². The summed E-state index contributed by atoms with van der Waals surface area (Å²) in [6, 6.07) is 10.2. The fraction of sp³-hybridized carbons (Fsp3) is 0.235. The van der Waals surface area contributed by atoms with Gasteiger partial charge in [0.2, 0.25) is 0 Å². The maximum absolute atomic E-state index is 12.1. The van der Waals surface area contributed by atoms with Crippen molar-refractivity contribution in [3.05, 3.63) is 52.2 Å². The third kappa shape index (κ3) is 5.84. The van der Waals surface area contributed by atoms with Gasteiger partial charge in [0.15, 0.2) is 5.11 Å². The normalized spacial score (nSPS) is 11.3. The number of hydrogen-bond donors (Lipinski definition) is 3. The lowest BCUT2D eigenvalue weighted by atomic mass is 10.2. The molecule has 8 heteroatoms. The van der Waals surface area contributed by atoms with Gasteiger partial charge in [0.1, 0.15) is 5.75 Å². The second kappa shape index (κ2) is 9.14. The fourth-order valence-electron chi connectivity index (χ4n) is 1.79. The van der Waals surface area contributed by atoms with E-state index < -0.39 is 0 Å². The number of rotatable bonds is 5. The molecule has 2 amide bonds. The molecular weight excluding hydrogens is 358 g/mol. The van der Waals surface area contributed by atoms with E-state index in [1.165, 1.54) is 11.3 Å². The van der Waals surface area contributed by atoms with Crippen LogP contribution in [0, 0.1) is 0 Å². The van der Waals surface area contributed by atoms with E-state index in [1.807, 2.05) is 13.8 Å². The lowest BCUT2D eigenvalue weighted by Crippen LogP contribution is -2.48. The van der Waals surface area contributed by atoms with Gasteiger partial charge in [-0.3, -0.25) is 25.8 Å². The Hall–Kier alpha value is -2.45. The topological polar surface area (TPSA) is 79.5 Å². The molecule has 6 nitrogen and oxygen atoms in total. The molecule has 1 aromatic carbocycles. The van der Waals surface area contributed by atoms with Crippen molar-refractivity contribution in [2.24, 2.45) is 0 Å². The first-order valence-corrected chi connectivity index (χ1v) is 9.00. The second-order valence-corrected chi connectivity index (χ2v) is 6.56. The van der Waals surface area contributed by atoms with Gasteiger partial charge in [0.25, 0.3) is 11.8 Å². The van der Waals surface area contributed by atoms with Gasteiger partial charge >= 0.3 is 0 Å². The maximum Gasteiger partial charge on any atom is 0.279 e. The summed E-state index contributed by atoms with van der Waals surface area (Å²) in [6.45, 7) is 4.02. The minimum atomic E-state index is -0.377. The van der Waals surface area contributed by atoms with Gasteiger partial charge in [0.05, 0.1) is 11.0 Å². The van der Waals surface area contributed by atoms with Gasteiger partial charge in [-0.15, -0.1) is 11.3 Å². The highest BCUT2D eigenvalue weighted by molar-refractivity contribution is 7.80. The minimum absolute atomic E-state index is 0.00911. The molecule has 0 saturated carbocycles. The zero-order valence-corrected chi connectivity index (χ0v) is 15.5. The summed E-state index contributed by atoms with van der Waals surface area (Å²) in [5, 5.41) is 4.30. The van der Waals surface area contributed by atoms with Crippen LogP contribution < -0.4 is 20.9 Å². The number of amides is 2. The van der Waals surface area contributed by atoms with Crippen molar-refractivity contribution in [2.75, 3.05) is 0 Å². The molecule has 1 unspecified atom stereocenters. The molecule has 0 aliphatic heterocycles. The molecule has 1 aromatic heterocycles. The number of hydrazine groups is 1. The van der Waals surface area contributed by atoms with Gasteiger partial charge in [-0.2, -0.15) is 0 Å². The number of nitrogens with one attached hydrogen (secondary N) is 3. The first-order chi connectivity index (χ1) is 12.0. The summed E-state index contributed by atoms with van der Waals surface area (Å²) in [4.78, 5) is 24.4. The van der Waals surface area contributed by atoms with Gasteiger partial charge < -0.3 is 4.74 Å². The van der Waals surface area contributed by atoms with E-state index in [9.17, 15) is 9.59 Å². The molecule has 0 radical (unpaired) electrons. The van der Waals surface area contributed by atoms with Crippen molar-refractivity contribution >= 4 is 40.5 Å². The average molecular weight is 377 g/mol. The number of carbonyl (C=O) groups is 2. The Morgan fingerprint density at radius 2 is 1.88 bits per heavy atom. The molecular formula is C17H19N3O3S2. The van der Waals surface area contributed by atoms with Crippen LogP contribution in [0.4, 0.5) is 0 Å². The molecule has 1 atom stereocenters. The van der Waals surface area contributed by atoms with E-state index in [4.69, 9.17) is 17.0 Å². The Kier molecular flexibility index (Phi) is 6.91. The van der Waals surface area contributed by atoms with E-state index in [0.29, 0.717) is 16.2 Å². The van der Waals surface area contributed by atoms with Crippen LogP contribution in [-0.4, -0.2) is 23.0 Å². The Morgan fingerprint density at radius 1 is 1.16 bits per heavy atom. The molecule has 0 aliphatic carbocycles. The summed E-state index contributed by atoms with van der Waals surface area (Å²) in [6.07, 6.45) is 1.02. The summed E-state index contributed by atoms with van der Waals surface area (Å²) in [7, 11) is 0. The average Bonchev–Trinajstić information content (AvgIpc) is 3.14. The lowest BCUT2D eigenvalue weighted by Gasteiger charge is -2.13. The number of thiophene rings is 1. The number of hydrogen-bond acceptors (Lipinski definition) is 5. The van der Waals surface area contributed by atoms with Gasteiger partial charge in [-0.1, -0.05) is 13.0 Å².